The molecule has 0 aromatic heterocycles. The summed E-state index contributed by atoms with van der Waals surface area (Å²) in [7, 11) is 0. The van der Waals surface area contributed by atoms with Crippen LogP contribution in [0.1, 0.15) is 21.5 Å². The van der Waals surface area contributed by atoms with E-state index in [1.54, 1.807) is 24.3 Å². The second kappa shape index (κ2) is 3.10. The molecular formula is C11H8O3. The van der Waals surface area contributed by atoms with Gasteiger partial charge in [-0.3, -0.25) is 9.59 Å². The summed E-state index contributed by atoms with van der Waals surface area (Å²) in [4.78, 5) is 21.8. The molecule has 0 bridgehead atoms. The van der Waals surface area contributed by atoms with Crippen molar-refractivity contribution in [1.29, 1.82) is 0 Å². The van der Waals surface area contributed by atoms with Gasteiger partial charge in [0.25, 0.3) is 0 Å². The van der Waals surface area contributed by atoms with Gasteiger partial charge in [0.1, 0.15) is 0 Å². The molecule has 3 heteroatoms. The summed E-state index contributed by atoms with van der Waals surface area (Å²) in [6.07, 6.45) is 3.10. The number of fused-ring (bicyclic) bond motifs is 1. The highest BCUT2D eigenvalue weighted by atomic mass is 16.4. The third-order valence-corrected chi connectivity index (χ3v) is 2.20. The van der Waals surface area contributed by atoms with Crippen molar-refractivity contribution >= 4 is 17.8 Å². The van der Waals surface area contributed by atoms with E-state index in [2.05, 4.69) is 0 Å². The minimum atomic E-state index is -0.883. The van der Waals surface area contributed by atoms with Crippen LogP contribution in [0.4, 0.5) is 0 Å². The molecule has 0 fully saturated rings. The number of benzene rings is 1. The van der Waals surface area contributed by atoms with Gasteiger partial charge in [-0.2, -0.15) is 0 Å². The number of hydrogen-bond donors (Lipinski definition) is 1. The number of rotatable bonds is 2. The summed E-state index contributed by atoms with van der Waals surface area (Å²) < 4.78 is 0. The van der Waals surface area contributed by atoms with Crippen molar-refractivity contribution in [3.63, 3.8) is 0 Å². The van der Waals surface area contributed by atoms with Crippen molar-refractivity contribution < 1.29 is 14.7 Å². The van der Waals surface area contributed by atoms with E-state index in [0.717, 1.165) is 5.56 Å². The maximum Gasteiger partial charge on any atom is 0.307 e. The van der Waals surface area contributed by atoms with Crippen LogP contribution in [-0.4, -0.2) is 16.9 Å². The predicted molar refractivity (Wildman–Crippen MR) is 51.1 cm³/mol. The van der Waals surface area contributed by atoms with Crippen LogP contribution in [0.15, 0.2) is 24.3 Å². The molecule has 1 N–H and O–H groups in total. The third kappa shape index (κ3) is 1.33. The van der Waals surface area contributed by atoms with Gasteiger partial charge in [-0.05, 0) is 17.2 Å². The Morgan fingerprint density at radius 3 is 2.79 bits per heavy atom. The first-order valence-corrected chi connectivity index (χ1v) is 4.24. The van der Waals surface area contributed by atoms with Gasteiger partial charge in [-0.1, -0.05) is 24.3 Å². The Morgan fingerprint density at radius 2 is 2.07 bits per heavy atom. The van der Waals surface area contributed by atoms with Crippen LogP contribution in [0.2, 0.25) is 0 Å². The number of carboxylic acid groups (broad SMARTS) is 1. The van der Waals surface area contributed by atoms with E-state index in [-0.39, 0.29) is 12.2 Å². The first kappa shape index (κ1) is 8.69. The van der Waals surface area contributed by atoms with Crippen molar-refractivity contribution in [1.82, 2.24) is 0 Å². The molecule has 0 atom stereocenters. The normalized spacial score (nSPS) is 13.0. The average Bonchev–Trinajstić information content (AvgIpc) is 2.49. The highest BCUT2D eigenvalue weighted by Gasteiger charge is 2.17. The quantitative estimate of drug-likeness (QED) is 0.765. The fraction of sp³-hybridized carbons (Fsp3) is 0.0909. The number of carboxylic acids is 1. The van der Waals surface area contributed by atoms with Gasteiger partial charge in [-0.25, -0.2) is 0 Å². The maximum atomic E-state index is 11.3. The standard InChI is InChI=1S/C11H8O3/c12-10-5-4-8-7(6-11(13)14)2-1-3-9(8)10/h1-5H,6H2,(H,13,14). The molecule has 1 aliphatic rings. The van der Waals surface area contributed by atoms with Gasteiger partial charge in [0.15, 0.2) is 5.78 Å². The first-order valence-electron chi connectivity index (χ1n) is 4.24. The number of ketones is 1. The second-order valence-corrected chi connectivity index (χ2v) is 3.15. The SMILES string of the molecule is O=C(O)Cc1cccc2c1C=CC2=O. The predicted octanol–water partition coefficient (Wildman–Crippen LogP) is 1.52. The third-order valence-electron chi connectivity index (χ3n) is 2.20. The van der Waals surface area contributed by atoms with Gasteiger partial charge in [-0.15, -0.1) is 0 Å². The topological polar surface area (TPSA) is 54.4 Å². The molecule has 0 radical (unpaired) electrons. The van der Waals surface area contributed by atoms with E-state index >= 15 is 0 Å². The summed E-state index contributed by atoms with van der Waals surface area (Å²) in [5.74, 6) is -0.932. The molecule has 1 aliphatic carbocycles. The van der Waals surface area contributed by atoms with E-state index in [4.69, 9.17) is 5.11 Å². The summed E-state index contributed by atoms with van der Waals surface area (Å²) in [6, 6.07) is 5.15. The monoisotopic (exact) mass is 188 g/mol. The largest absolute Gasteiger partial charge is 0.481 e. The molecule has 0 aliphatic heterocycles. The van der Waals surface area contributed by atoms with E-state index in [0.29, 0.717) is 11.1 Å². The zero-order valence-electron chi connectivity index (χ0n) is 7.36. The first-order chi connectivity index (χ1) is 6.68. The molecule has 1 aromatic rings. The molecule has 0 spiro atoms. The van der Waals surface area contributed by atoms with E-state index in [9.17, 15) is 9.59 Å². The average molecular weight is 188 g/mol. The minimum absolute atomic E-state index is 0.0409. The Hall–Kier alpha value is -1.90. The summed E-state index contributed by atoms with van der Waals surface area (Å²) in [5.41, 5.74) is 2.04. The van der Waals surface area contributed by atoms with Crippen molar-refractivity contribution in [2.45, 2.75) is 6.42 Å². The number of carbonyl (C=O) groups excluding carboxylic acids is 1. The molecule has 14 heavy (non-hydrogen) atoms. The Balaban J connectivity index is 2.48. The Bertz CT molecular complexity index is 444. The number of aliphatic carboxylic acids is 1. The lowest BCUT2D eigenvalue weighted by Crippen LogP contribution is -2.03. The van der Waals surface area contributed by atoms with Gasteiger partial charge >= 0.3 is 5.97 Å². The van der Waals surface area contributed by atoms with Gasteiger partial charge < -0.3 is 5.11 Å². The molecule has 2 rings (SSSR count). The van der Waals surface area contributed by atoms with Crippen LogP contribution in [0, 0.1) is 0 Å². The van der Waals surface area contributed by atoms with Crippen molar-refractivity contribution in [3.05, 3.63) is 41.0 Å². The molecule has 3 nitrogen and oxygen atoms in total. The number of allylic oxidation sites excluding steroid dienone is 1. The molecular weight excluding hydrogens is 180 g/mol. The molecule has 0 saturated carbocycles. The molecule has 0 unspecified atom stereocenters. The van der Waals surface area contributed by atoms with E-state index in [1.807, 2.05) is 0 Å². The lowest BCUT2D eigenvalue weighted by Gasteiger charge is -2.03. The van der Waals surface area contributed by atoms with Gasteiger partial charge in [0.2, 0.25) is 0 Å². The van der Waals surface area contributed by atoms with Crippen molar-refractivity contribution in [3.8, 4) is 0 Å². The lowest BCUT2D eigenvalue weighted by atomic mass is 10.0. The fourth-order valence-corrected chi connectivity index (χ4v) is 1.59. The number of hydrogen-bond acceptors (Lipinski definition) is 2. The van der Waals surface area contributed by atoms with Crippen LogP contribution >= 0.6 is 0 Å². The lowest BCUT2D eigenvalue weighted by molar-refractivity contribution is -0.136. The van der Waals surface area contributed by atoms with E-state index < -0.39 is 5.97 Å². The molecule has 0 saturated heterocycles. The second-order valence-electron chi connectivity index (χ2n) is 3.15. The summed E-state index contributed by atoms with van der Waals surface area (Å²) in [5, 5.41) is 8.66. The van der Waals surface area contributed by atoms with Crippen LogP contribution < -0.4 is 0 Å². The van der Waals surface area contributed by atoms with E-state index in [1.165, 1.54) is 6.08 Å². The highest BCUT2D eigenvalue weighted by Crippen LogP contribution is 2.23. The van der Waals surface area contributed by atoms with Gasteiger partial charge in [0.05, 0.1) is 6.42 Å². The molecule has 0 amide bonds. The van der Waals surface area contributed by atoms with Crippen molar-refractivity contribution in [2.24, 2.45) is 0 Å². The van der Waals surface area contributed by atoms with Crippen LogP contribution in [0.25, 0.3) is 6.08 Å². The fourth-order valence-electron chi connectivity index (χ4n) is 1.59. The Kier molecular flexibility index (Phi) is 1.93. The Morgan fingerprint density at radius 1 is 1.29 bits per heavy atom. The molecule has 70 valence electrons. The molecule has 0 heterocycles. The van der Waals surface area contributed by atoms with Crippen LogP contribution in [0.3, 0.4) is 0 Å². The highest BCUT2D eigenvalue weighted by molar-refractivity contribution is 6.14. The zero-order valence-corrected chi connectivity index (χ0v) is 7.36. The number of carbonyl (C=O) groups is 2. The van der Waals surface area contributed by atoms with Crippen molar-refractivity contribution in [2.75, 3.05) is 0 Å². The molecule has 1 aromatic carbocycles. The van der Waals surface area contributed by atoms with Crippen LogP contribution in [-0.2, 0) is 11.2 Å². The zero-order chi connectivity index (χ0) is 10.1. The Labute approximate surface area is 80.7 Å². The minimum Gasteiger partial charge on any atom is -0.481 e. The van der Waals surface area contributed by atoms with Crippen LogP contribution in [0.5, 0.6) is 0 Å². The smallest absolute Gasteiger partial charge is 0.307 e. The van der Waals surface area contributed by atoms with Gasteiger partial charge in [0, 0.05) is 5.56 Å². The summed E-state index contributed by atoms with van der Waals surface area (Å²) >= 11 is 0. The summed E-state index contributed by atoms with van der Waals surface area (Å²) in [6.45, 7) is 0. The maximum absolute atomic E-state index is 11.3.